The number of carbonyl (C=O) groups is 1. The lowest BCUT2D eigenvalue weighted by atomic mass is 10.2. The molecule has 2 unspecified atom stereocenters. The molecule has 1 fully saturated rings. The molecule has 0 aliphatic carbocycles. The van der Waals surface area contributed by atoms with Crippen LogP contribution in [0.4, 0.5) is 0 Å². The first kappa shape index (κ1) is 10.5. The number of amides is 1. The molecule has 0 spiro atoms. The molecule has 1 saturated heterocycles. The molecule has 1 amide bonds. The summed E-state index contributed by atoms with van der Waals surface area (Å²) in [6.07, 6.45) is 2.78. The van der Waals surface area contributed by atoms with Crippen molar-refractivity contribution in [3.8, 4) is 0 Å². The Hall–Kier alpha value is -0.570. The summed E-state index contributed by atoms with van der Waals surface area (Å²) in [6.45, 7) is 5.97. The van der Waals surface area contributed by atoms with Gasteiger partial charge in [0, 0.05) is 25.6 Å². The smallest absolute Gasteiger partial charge is 0.222 e. The predicted molar refractivity (Wildman–Crippen MR) is 53.2 cm³/mol. The molecule has 2 N–H and O–H groups in total. The Morgan fingerprint density at radius 1 is 1.69 bits per heavy atom. The number of hydrogen-bond acceptors (Lipinski definition) is 2. The second-order valence-electron chi connectivity index (χ2n) is 4.27. The van der Waals surface area contributed by atoms with Gasteiger partial charge in [0.1, 0.15) is 0 Å². The van der Waals surface area contributed by atoms with Crippen molar-refractivity contribution < 1.29 is 4.79 Å². The van der Waals surface area contributed by atoms with E-state index in [4.69, 9.17) is 5.73 Å². The first-order valence-electron chi connectivity index (χ1n) is 5.13. The van der Waals surface area contributed by atoms with E-state index >= 15 is 0 Å². The number of carbonyl (C=O) groups excluding carboxylic acids is 1. The molecule has 76 valence electrons. The second kappa shape index (κ2) is 4.61. The summed E-state index contributed by atoms with van der Waals surface area (Å²) in [5.41, 5.74) is 5.64. The van der Waals surface area contributed by atoms with E-state index < -0.39 is 0 Å². The van der Waals surface area contributed by atoms with Gasteiger partial charge < -0.3 is 10.6 Å². The van der Waals surface area contributed by atoms with E-state index in [2.05, 4.69) is 6.92 Å². The first-order chi connectivity index (χ1) is 6.09. The minimum absolute atomic E-state index is 0.259. The van der Waals surface area contributed by atoms with Crippen molar-refractivity contribution in [1.29, 1.82) is 0 Å². The average molecular weight is 184 g/mol. The van der Waals surface area contributed by atoms with Crippen molar-refractivity contribution in [2.75, 3.05) is 13.1 Å². The van der Waals surface area contributed by atoms with E-state index in [9.17, 15) is 4.79 Å². The largest absolute Gasteiger partial charge is 0.342 e. The molecule has 0 aromatic carbocycles. The van der Waals surface area contributed by atoms with Crippen LogP contribution in [0.1, 0.15) is 33.1 Å². The van der Waals surface area contributed by atoms with Crippen LogP contribution in [-0.4, -0.2) is 29.9 Å². The Morgan fingerprint density at radius 3 is 2.85 bits per heavy atom. The van der Waals surface area contributed by atoms with E-state index in [0.717, 1.165) is 32.4 Å². The molecule has 0 bridgehead atoms. The maximum Gasteiger partial charge on any atom is 0.222 e. The monoisotopic (exact) mass is 184 g/mol. The Bertz CT molecular complexity index is 180. The summed E-state index contributed by atoms with van der Waals surface area (Å²) >= 11 is 0. The van der Waals surface area contributed by atoms with Crippen LogP contribution in [0, 0.1) is 5.92 Å². The molecule has 0 aromatic heterocycles. The van der Waals surface area contributed by atoms with E-state index in [1.165, 1.54) is 0 Å². The van der Waals surface area contributed by atoms with Gasteiger partial charge in [0.15, 0.2) is 0 Å². The van der Waals surface area contributed by atoms with E-state index in [1.807, 2.05) is 11.8 Å². The zero-order valence-electron chi connectivity index (χ0n) is 8.62. The van der Waals surface area contributed by atoms with Crippen LogP contribution in [0.25, 0.3) is 0 Å². The van der Waals surface area contributed by atoms with Crippen molar-refractivity contribution in [2.45, 2.75) is 39.2 Å². The molecule has 1 rings (SSSR count). The van der Waals surface area contributed by atoms with Gasteiger partial charge in [-0.25, -0.2) is 0 Å². The van der Waals surface area contributed by atoms with Gasteiger partial charge in [-0.05, 0) is 25.7 Å². The molecule has 1 aliphatic heterocycles. The van der Waals surface area contributed by atoms with Gasteiger partial charge in [0.25, 0.3) is 0 Å². The van der Waals surface area contributed by atoms with Crippen molar-refractivity contribution in [3.05, 3.63) is 0 Å². The molecule has 3 heteroatoms. The SMILES string of the molecule is CC(N)CCCN1CC(C)CC1=O. The topological polar surface area (TPSA) is 46.3 Å². The third-order valence-electron chi connectivity index (χ3n) is 2.50. The third-order valence-corrected chi connectivity index (χ3v) is 2.50. The number of nitrogens with two attached hydrogens (primary N) is 1. The highest BCUT2D eigenvalue weighted by molar-refractivity contribution is 5.78. The molecule has 1 heterocycles. The molecule has 1 aliphatic rings. The molecule has 2 atom stereocenters. The summed E-state index contributed by atoms with van der Waals surface area (Å²) in [5.74, 6) is 0.861. The first-order valence-corrected chi connectivity index (χ1v) is 5.13. The molecule has 13 heavy (non-hydrogen) atoms. The normalized spacial score (nSPS) is 25.3. The third kappa shape index (κ3) is 3.35. The zero-order valence-corrected chi connectivity index (χ0v) is 8.62. The molecule has 3 nitrogen and oxygen atoms in total. The summed E-state index contributed by atoms with van der Waals surface area (Å²) in [6, 6.07) is 0.259. The van der Waals surface area contributed by atoms with Crippen molar-refractivity contribution in [1.82, 2.24) is 4.90 Å². The number of hydrogen-bond donors (Lipinski definition) is 1. The van der Waals surface area contributed by atoms with Gasteiger partial charge in [-0.2, -0.15) is 0 Å². The molecule has 0 radical (unpaired) electrons. The minimum Gasteiger partial charge on any atom is -0.342 e. The van der Waals surface area contributed by atoms with Gasteiger partial charge in [-0.1, -0.05) is 6.92 Å². The van der Waals surface area contributed by atoms with Gasteiger partial charge in [0.2, 0.25) is 5.91 Å². The molecule has 0 aromatic rings. The second-order valence-corrected chi connectivity index (χ2v) is 4.27. The number of nitrogens with zero attached hydrogens (tertiary/aromatic N) is 1. The van der Waals surface area contributed by atoms with E-state index in [0.29, 0.717) is 11.8 Å². The van der Waals surface area contributed by atoms with E-state index in [-0.39, 0.29) is 6.04 Å². The van der Waals surface area contributed by atoms with Crippen LogP contribution in [0.5, 0.6) is 0 Å². The standard InChI is InChI=1S/C10H20N2O/c1-8-6-10(13)12(7-8)5-3-4-9(2)11/h8-9H,3-7,11H2,1-2H3. The summed E-state index contributed by atoms with van der Waals surface area (Å²) in [7, 11) is 0. The van der Waals surface area contributed by atoms with Crippen molar-refractivity contribution in [2.24, 2.45) is 11.7 Å². The quantitative estimate of drug-likeness (QED) is 0.708. The van der Waals surface area contributed by atoms with Gasteiger partial charge in [-0.15, -0.1) is 0 Å². The summed E-state index contributed by atoms with van der Waals surface area (Å²) in [4.78, 5) is 13.3. The van der Waals surface area contributed by atoms with Gasteiger partial charge in [-0.3, -0.25) is 4.79 Å². The van der Waals surface area contributed by atoms with Crippen molar-refractivity contribution >= 4 is 5.91 Å². The Morgan fingerprint density at radius 2 is 2.38 bits per heavy atom. The van der Waals surface area contributed by atoms with Crippen LogP contribution >= 0.6 is 0 Å². The van der Waals surface area contributed by atoms with E-state index in [1.54, 1.807) is 0 Å². The molecule has 0 saturated carbocycles. The fourth-order valence-corrected chi connectivity index (χ4v) is 1.79. The Balaban J connectivity index is 2.18. The maximum atomic E-state index is 11.4. The van der Waals surface area contributed by atoms with Crippen LogP contribution in [0.2, 0.25) is 0 Å². The van der Waals surface area contributed by atoms with Crippen LogP contribution in [-0.2, 0) is 4.79 Å². The van der Waals surface area contributed by atoms with Crippen LogP contribution in [0.3, 0.4) is 0 Å². The predicted octanol–water partition coefficient (Wildman–Crippen LogP) is 0.982. The fourth-order valence-electron chi connectivity index (χ4n) is 1.79. The Kier molecular flexibility index (Phi) is 3.72. The van der Waals surface area contributed by atoms with Crippen LogP contribution < -0.4 is 5.73 Å². The lowest BCUT2D eigenvalue weighted by Gasteiger charge is -2.16. The number of likely N-dealkylation sites (tertiary alicyclic amines) is 1. The van der Waals surface area contributed by atoms with Gasteiger partial charge in [0.05, 0.1) is 0 Å². The highest BCUT2D eigenvalue weighted by Gasteiger charge is 2.25. The maximum absolute atomic E-state index is 11.4. The Labute approximate surface area is 80.3 Å². The van der Waals surface area contributed by atoms with Crippen LogP contribution in [0.15, 0.2) is 0 Å². The zero-order chi connectivity index (χ0) is 9.84. The minimum atomic E-state index is 0.259. The lowest BCUT2D eigenvalue weighted by Crippen LogP contribution is -2.27. The highest BCUT2D eigenvalue weighted by Crippen LogP contribution is 2.17. The highest BCUT2D eigenvalue weighted by atomic mass is 16.2. The summed E-state index contributed by atoms with van der Waals surface area (Å²) in [5, 5.41) is 0. The van der Waals surface area contributed by atoms with Crippen molar-refractivity contribution in [3.63, 3.8) is 0 Å². The molecular weight excluding hydrogens is 164 g/mol. The molecular formula is C10H20N2O. The average Bonchev–Trinajstić information content (AvgIpc) is 2.29. The summed E-state index contributed by atoms with van der Waals surface area (Å²) < 4.78 is 0. The van der Waals surface area contributed by atoms with Gasteiger partial charge >= 0.3 is 0 Å². The fraction of sp³-hybridized carbons (Fsp3) is 0.900. The number of rotatable bonds is 4. The lowest BCUT2D eigenvalue weighted by molar-refractivity contribution is -0.127.